The SMILES string of the molecule is Cc1cc(/C(O)=C2/C(=O)C(=O)N(c3ccc(C#N)cc3)C2c2cccs2)ccc1OC(C)C. The van der Waals surface area contributed by atoms with Crippen LogP contribution in [0.5, 0.6) is 5.75 Å². The van der Waals surface area contributed by atoms with E-state index in [2.05, 4.69) is 0 Å². The van der Waals surface area contributed by atoms with Gasteiger partial charge in [-0.25, -0.2) is 0 Å². The molecule has 3 aromatic rings. The zero-order valence-corrected chi connectivity index (χ0v) is 19.2. The summed E-state index contributed by atoms with van der Waals surface area (Å²) in [5.41, 5.74) is 2.20. The number of carbonyl (C=O) groups is 2. The molecule has 1 amide bonds. The zero-order chi connectivity index (χ0) is 23.7. The molecule has 1 aromatic heterocycles. The fraction of sp³-hybridized carbons (Fsp3) is 0.192. The topological polar surface area (TPSA) is 90.6 Å². The molecule has 0 saturated carbocycles. The molecule has 1 aliphatic heterocycles. The lowest BCUT2D eigenvalue weighted by Gasteiger charge is -2.24. The van der Waals surface area contributed by atoms with E-state index in [-0.39, 0.29) is 17.4 Å². The Morgan fingerprint density at radius 1 is 1.15 bits per heavy atom. The Labute approximate surface area is 196 Å². The number of ketones is 1. The number of nitriles is 1. The van der Waals surface area contributed by atoms with Crippen molar-refractivity contribution < 1.29 is 19.4 Å². The maximum Gasteiger partial charge on any atom is 0.300 e. The van der Waals surface area contributed by atoms with Gasteiger partial charge < -0.3 is 9.84 Å². The van der Waals surface area contributed by atoms with Crippen LogP contribution in [0.2, 0.25) is 0 Å². The van der Waals surface area contributed by atoms with Crippen LogP contribution in [0.1, 0.15) is 41.5 Å². The second kappa shape index (κ2) is 8.93. The molecule has 1 atom stereocenters. The minimum atomic E-state index is -0.773. The van der Waals surface area contributed by atoms with Crippen LogP contribution < -0.4 is 9.64 Å². The molecular weight excluding hydrogens is 436 g/mol. The number of anilines is 1. The highest BCUT2D eigenvalue weighted by Crippen LogP contribution is 2.43. The molecule has 2 heterocycles. The predicted molar refractivity (Wildman–Crippen MR) is 127 cm³/mol. The van der Waals surface area contributed by atoms with Crippen LogP contribution in [0, 0.1) is 18.3 Å². The molecule has 33 heavy (non-hydrogen) atoms. The number of aryl methyl sites for hydroxylation is 1. The van der Waals surface area contributed by atoms with Crippen LogP contribution in [-0.4, -0.2) is 22.9 Å². The molecule has 0 radical (unpaired) electrons. The largest absolute Gasteiger partial charge is 0.507 e. The first-order valence-corrected chi connectivity index (χ1v) is 11.3. The Morgan fingerprint density at radius 2 is 1.88 bits per heavy atom. The van der Waals surface area contributed by atoms with Gasteiger partial charge in [-0.1, -0.05) is 6.07 Å². The summed E-state index contributed by atoms with van der Waals surface area (Å²) in [6.45, 7) is 5.72. The Kier molecular flexibility index (Phi) is 6.03. The Bertz CT molecular complexity index is 1280. The highest BCUT2D eigenvalue weighted by Gasteiger charge is 2.47. The predicted octanol–water partition coefficient (Wildman–Crippen LogP) is 5.34. The van der Waals surface area contributed by atoms with E-state index in [0.29, 0.717) is 22.6 Å². The van der Waals surface area contributed by atoms with Gasteiger partial charge in [-0.15, -0.1) is 11.3 Å². The van der Waals surface area contributed by atoms with Crippen molar-refractivity contribution in [3.05, 3.63) is 87.1 Å². The maximum atomic E-state index is 13.1. The summed E-state index contributed by atoms with van der Waals surface area (Å²) in [6, 6.07) is 16.6. The number of hydrogen-bond acceptors (Lipinski definition) is 6. The van der Waals surface area contributed by atoms with Gasteiger partial charge in [-0.3, -0.25) is 14.5 Å². The Morgan fingerprint density at radius 3 is 2.45 bits per heavy atom. The molecule has 166 valence electrons. The zero-order valence-electron chi connectivity index (χ0n) is 18.4. The average molecular weight is 459 g/mol. The standard InChI is InChI=1S/C26H22N2O4S/c1-15(2)32-20-11-8-18(13-16(20)3)24(29)22-23(21-5-4-12-33-21)28(26(31)25(22)30)19-9-6-17(14-27)7-10-19/h4-13,15,23,29H,1-3H3/b24-22-. The van der Waals surface area contributed by atoms with Crippen LogP contribution >= 0.6 is 11.3 Å². The van der Waals surface area contributed by atoms with Crippen molar-refractivity contribution >= 4 is 34.5 Å². The van der Waals surface area contributed by atoms with Gasteiger partial charge in [-0.05, 0) is 80.2 Å². The van der Waals surface area contributed by atoms with Gasteiger partial charge in [0.05, 0.1) is 23.3 Å². The average Bonchev–Trinajstić information content (AvgIpc) is 3.41. The van der Waals surface area contributed by atoms with Gasteiger partial charge in [0.25, 0.3) is 11.7 Å². The van der Waals surface area contributed by atoms with Gasteiger partial charge in [0.15, 0.2) is 0 Å². The number of rotatable bonds is 5. The van der Waals surface area contributed by atoms with Crippen molar-refractivity contribution in [2.45, 2.75) is 32.9 Å². The van der Waals surface area contributed by atoms with Crippen molar-refractivity contribution in [2.24, 2.45) is 0 Å². The first-order chi connectivity index (χ1) is 15.8. The smallest absolute Gasteiger partial charge is 0.300 e. The van der Waals surface area contributed by atoms with Crippen molar-refractivity contribution in [2.75, 3.05) is 4.90 Å². The van der Waals surface area contributed by atoms with E-state index < -0.39 is 17.7 Å². The Balaban J connectivity index is 1.85. The molecule has 7 heteroatoms. The first kappa shape index (κ1) is 22.3. The summed E-state index contributed by atoms with van der Waals surface area (Å²) in [7, 11) is 0. The molecule has 1 aliphatic rings. The van der Waals surface area contributed by atoms with Gasteiger partial charge in [0.2, 0.25) is 0 Å². The van der Waals surface area contributed by atoms with E-state index in [1.165, 1.54) is 16.2 Å². The lowest BCUT2D eigenvalue weighted by atomic mass is 9.98. The normalized spacial score (nSPS) is 17.4. The lowest BCUT2D eigenvalue weighted by Crippen LogP contribution is -2.29. The number of aliphatic hydroxyl groups is 1. The first-order valence-electron chi connectivity index (χ1n) is 10.4. The summed E-state index contributed by atoms with van der Waals surface area (Å²) in [5, 5.41) is 22.2. The molecule has 0 aliphatic carbocycles. The monoisotopic (exact) mass is 458 g/mol. The van der Waals surface area contributed by atoms with Gasteiger partial charge >= 0.3 is 0 Å². The summed E-state index contributed by atoms with van der Waals surface area (Å²) in [4.78, 5) is 28.4. The fourth-order valence-electron chi connectivity index (χ4n) is 3.85. The van der Waals surface area contributed by atoms with Crippen molar-refractivity contribution in [1.29, 1.82) is 5.26 Å². The number of carbonyl (C=O) groups excluding carboxylic acids is 2. The molecule has 1 saturated heterocycles. The van der Waals surface area contributed by atoms with Crippen LogP contribution in [0.3, 0.4) is 0 Å². The number of thiophene rings is 1. The summed E-state index contributed by atoms with van der Waals surface area (Å²) < 4.78 is 5.77. The highest BCUT2D eigenvalue weighted by molar-refractivity contribution is 7.10. The molecular formula is C26H22N2O4S. The molecule has 6 nitrogen and oxygen atoms in total. The third kappa shape index (κ3) is 4.13. The second-order valence-corrected chi connectivity index (χ2v) is 8.97. The lowest BCUT2D eigenvalue weighted by molar-refractivity contribution is -0.132. The van der Waals surface area contributed by atoms with Crippen molar-refractivity contribution in [3.8, 4) is 11.8 Å². The van der Waals surface area contributed by atoms with Gasteiger partial charge in [0, 0.05) is 16.1 Å². The Hall–Kier alpha value is -3.89. The third-order valence-corrected chi connectivity index (χ3v) is 6.27. The van der Waals surface area contributed by atoms with E-state index in [9.17, 15) is 14.7 Å². The molecule has 0 spiro atoms. The van der Waals surface area contributed by atoms with E-state index in [4.69, 9.17) is 10.00 Å². The summed E-state index contributed by atoms with van der Waals surface area (Å²) >= 11 is 1.40. The molecule has 1 unspecified atom stereocenters. The van der Waals surface area contributed by atoms with E-state index in [0.717, 1.165) is 10.4 Å². The van der Waals surface area contributed by atoms with E-state index in [1.54, 1.807) is 42.5 Å². The van der Waals surface area contributed by atoms with E-state index in [1.807, 2.05) is 44.4 Å². The third-order valence-electron chi connectivity index (χ3n) is 5.34. The minimum absolute atomic E-state index is 0.000258. The molecule has 1 fully saturated rings. The molecule has 4 rings (SSSR count). The van der Waals surface area contributed by atoms with Crippen LogP contribution in [-0.2, 0) is 9.59 Å². The number of nitrogens with zero attached hydrogens (tertiary/aromatic N) is 2. The maximum absolute atomic E-state index is 13.1. The fourth-order valence-corrected chi connectivity index (χ4v) is 4.67. The number of Topliss-reactive ketones (excluding diaryl/α,β-unsaturated/α-hetero) is 1. The molecule has 2 aromatic carbocycles. The van der Waals surface area contributed by atoms with Crippen molar-refractivity contribution in [1.82, 2.24) is 0 Å². The number of amides is 1. The quantitative estimate of drug-likeness (QED) is 0.317. The number of benzene rings is 2. The van der Waals surface area contributed by atoms with Crippen molar-refractivity contribution in [3.63, 3.8) is 0 Å². The van der Waals surface area contributed by atoms with Gasteiger partial charge in [0.1, 0.15) is 17.6 Å². The second-order valence-electron chi connectivity index (χ2n) is 7.99. The number of hydrogen-bond donors (Lipinski definition) is 1. The number of ether oxygens (including phenoxy) is 1. The summed E-state index contributed by atoms with van der Waals surface area (Å²) in [6.07, 6.45) is -0.000258. The van der Waals surface area contributed by atoms with Crippen LogP contribution in [0.25, 0.3) is 5.76 Å². The van der Waals surface area contributed by atoms with Crippen LogP contribution in [0.4, 0.5) is 5.69 Å². The number of aliphatic hydroxyl groups excluding tert-OH is 1. The van der Waals surface area contributed by atoms with Gasteiger partial charge in [-0.2, -0.15) is 5.26 Å². The summed E-state index contributed by atoms with van der Waals surface area (Å²) in [5.74, 6) is -1.02. The molecule has 1 N–H and O–H groups in total. The minimum Gasteiger partial charge on any atom is -0.507 e. The highest BCUT2D eigenvalue weighted by atomic mass is 32.1. The van der Waals surface area contributed by atoms with E-state index >= 15 is 0 Å². The van der Waals surface area contributed by atoms with Crippen LogP contribution in [0.15, 0.2) is 65.6 Å². The molecule has 0 bridgehead atoms.